The summed E-state index contributed by atoms with van der Waals surface area (Å²) in [5, 5.41) is 2.77. The second kappa shape index (κ2) is 3.48. The van der Waals surface area contributed by atoms with Gasteiger partial charge in [-0.3, -0.25) is 9.59 Å². The largest absolute Gasteiger partial charge is 0.378 e. The van der Waals surface area contributed by atoms with Gasteiger partial charge in [-0.05, 0) is 13.8 Å². The summed E-state index contributed by atoms with van der Waals surface area (Å²) >= 11 is 0. The van der Waals surface area contributed by atoms with Gasteiger partial charge < -0.3 is 15.0 Å². The minimum absolute atomic E-state index is 0.00500. The van der Waals surface area contributed by atoms with Crippen molar-refractivity contribution in [2.24, 2.45) is 0 Å². The number of hydrogen-bond donors (Lipinski definition) is 1. The van der Waals surface area contributed by atoms with Crippen LogP contribution in [0, 0.1) is 0 Å². The second-order valence-electron chi connectivity index (χ2n) is 4.46. The first kappa shape index (κ1) is 10.4. The highest BCUT2D eigenvalue weighted by Crippen LogP contribution is 2.25. The zero-order chi connectivity index (χ0) is 11.1. The standard InChI is InChI=1S/C10H16N2O3/c1-7(2)12-5-8(13)11-10(9(12)14)3-4-15-6-10/h7H,3-6H2,1-2H3,(H,11,13)/t10-/m0/s1. The van der Waals surface area contributed by atoms with Crippen molar-refractivity contribution < 1.29 is 14.3 Å². The van der Waals surface area contributed by atoms with E-state index in [0.717, 1.165) is 0 Å². The predicted molar refractivity (Wildman–Crippen MR) is 53.2 cm³/mol. The zero-order valence-electron chi connectivity index (χ0n) is 9.08. The Hall–Kier alpha value is -1.10. The molecule has 2 aliphatic rings. The lowest BCUT2D eigenvalue weighted by Crippen LogP contribution is -2.68. The Balaban J connectivity index is 2.25. The monoisotopic (exact) mass is 212 g/mol. The van der Waals surface area contributed by atoms with Gasteiger partial charge >= 0.3 is 0 Å². The van der Waals surface area contributed by atoms with Crippen molar-refractivity contribution in [1.29, 1.82) is 0 Å². The summed E-state index contributed by atoms with van der Waals surface area (Å²) in [6.07, 6.45) is 0.584. The highest BCUT2D eigenvalue weighted by Gasteiger charge is 2.49. The Labute approximate surface area is 88.8 Å². The van der Waals surface area contributed by atoms with Gasteiger partial charge in [-0.2, -0.15) is 0 Å². The number of hydrogen-bond acceptors (Lipinski definition) is 3. The van der Waals surface area contributed by atoms with E-state index >= 15 is 0 Å². The number of nitrogens with one attached hydrogen (secondary N) is 1. The van der Waals surface area contributed by atoms with E-state index in [2.05, 4.69) is 5.32 Å². The first-order valence-corrected chi connectivity index (χ1v) is 5.25. The Morgan fingerprint density at radius 3 is 2.73 bits per heavy atom. The van der Waals surface area contributed by atoms with E-state index in [0.29, 0.717) is 19.6 Å². The number of rotatable bonds is 1. The van der Waals surface area contributed by atoms with E-state index in [1.807, 2.05) is 13.8 Å². The van der Waals surface area contributed by atoms with E-state index in [1.54, 1.807) is 4.90 Å². The number of piperazine rings is 1. The van der Waals surface area contributed by atoms with Gasteiger partial charge in [0, 0.05) is 19.1 Å². The lowest BCUT2D eigenvalue weighted by molar-refractivity contribution is -0.151. The predicted octanol–water partition coefficient (Wildman–Crippen LogP) is -0.488. The van der Waals surface area contributed by atoms with Gasteiger partial charge in [0.15, 0.2) is 0 Å². The summed E-state index contributed by atoms with van der Waals surface area (Å²) in [5.74, 6) is -0.0941. The van der Waals surface area contributed by atoms with E-state index in [-0.39, 0.29) is 24.4 Å². The number of amides is 2. The Morgan fingerprint density at radius 2 is 2.20 bits per heavy atom. The van der Waals surface area contributed by atoms with Crippen LogP contribution in [0.5, 0.6) is 0 Å². The van der Waals surface area contributed by atoms with Gasteiger partial charge in [0.2, 0.25) is 5.91 Å². The summed E-state index contributed by atoms with van der Waals surface area (Å²) in [5.41, 5.74) is -0.778. The van der Waals surface area contributed by atoms with Crippen LogP contribution in [0.15, 0.2) is 0 Å². The number of carbonyl (C=O) groups is 2. The molecule has 0 aliphatic carbocycles. The lowest BCUT2D eigenvalue weighted by Gasteiger charge is -2.40. The fourth-order valence-corrected chi connectivity index (χ4v) is 2.11. The molecule has 0 radical (unpaired) electrons. The first-order valence-electron chi connectivity index (χ1n) is 5.25. The van der Waals surface area contributed by atoms with Crippen molar-refractivity contribution in [2.75, 3.05) is 19.8 Å². The molecule has 2 rings (SSSR count). The molecule has 2 aliphatic heterocycles. The normalized spacial score (nSPS) is 31.5. The van der Waals surface area contributed by atoms with Gasteiger partial charge in [-0.25, -0.2) is 0 Å². The third kappa shape index (κ3) is 1.61. The van der Waals surface area contributed by atoms with Gasteiger partial charge in [0.25, 0.3) is 5.91 Å². The van der Waals surface area contributed by atoms with Crippen LogP contribution in [0.25, 0.3) is 0 Å². The first-order chi connectivity index (χ1) is 7.05. The van der Waals surface area contributed by atoms with Crippen LogP contribution in [0.4, 0.5) is 0 Å². The molecule has 2 heterocycles. The molecule has 2 saturated heterocycles. The number of carbonyl (C=O) groups excluding carboxylic acids is 2. The Bertz CT molecular complexity index is 295. The molecule has 5 heteroatoms. The minimum Gasteiger partial charge on any atom is -0.378 e. The number of ether oxygens (including phenoxy) is 1. The fraction of sp³-hybridized carbons (Fsp3) is 0.800. The van der Waals surface area contributed by atoms with Crippen molar-refractivity contribution in [3.8, 4) is 0 Å². The molecule has 1 spiro atoms. The van der Waals surface area contributed by atoms with Gasteiger partial charge in [-0.1, -0.05) is 0 Å². The molecule has 2 amide bonds. The maximum Gasteiger partial charge on any atom is 0.251 e. The summed E-state index contributed by atoms with van der Waals surface area (Å²) in [6, 6.07) is 0.0565. The topological polar surface area (TPSA) is 58.6 Å². The van der Waals surface area contributed by atoms with Crippen molar-refractivity contribution in [3.63, 3.8) is 0 Å². The van der Waals surface area contributed by atoms with Crippen LogP contribution in [0.2, 0.25) is 0 Å². The second-order valence-corrected chi connectivity index (χ2v) is 4.46. The van der Waals surface area contributed by atoms with Crippen molar-refractivity contribution in [1.82, 2.24) is 10.2 Å². The molecule has 0 aromatic carbocycles. The van der Waals surface area contributed by atoms with Crippen molar-refractivity contribution >= 4 is 11.8 Å². The smallest absolute Gasteiger partial charge is 0.251 e. The third-order valence-corrected chi connectivity index (χ3v) is 3.01. The van der Waals surface area contributed by atoms with Gasteiger partial charge in [0.05, 0.1) is 13.2 Å². The Kier molecular flexibility index (Phi) is 2.42. The Morgan fingerprint density at radius 1 is 1.47 bits per heavy atom. The zero-order valence-corrected chi connectivity index (χ0v) is 9.08. The van der Waals surface area contributed by atoms with Crippen LogP contribution in [0.1, 0.15) is 20.3 Å². The molecule has 1 N–H and O–H groups in total. The minimum atomic E-state index is -0.778. The average molecular weight is 212 g/mol. The molecule has 0 bridgehead atoms. The molecule has 0 unspecified atom stereocenters. The van der Waals surface area contributed by atoms with E-state index in [4.69, 9.17) is 4.74 Å². The molecule has 0 aromatic heterocycles. The summed E-state index contributed by atoms with van der Waals surface area (Å²) in [7, 11) is 0. The van der Waals surface area contributed by atoms with Crippen LogP contribution < -0.4 is 5.32 Å². The molecular weight excluding hydrogens is 196 g/mol. The molecule has 0 saturated carbocycles. The maximum atomic E-state index is 12.2. The van der Waals surface area contributed by atoms with E-state index in [1.165, 1.54) is 0 Å². The van der Waals surface area contributed by atoms with Gasteiger partial charge in [0.1, 0.15) is 5.54 Å². The SMILES string of the molecule is CC(C)N1CC(=O)N[C@]2(CCOC2)C1=O. The molecule has 2 fully saturated rings. The molecule has 0 aromatic rings. The average Bonchev–Trinajstić information content (AvgIpc) is 2.60. The third-order valence-electron chi connectivity index (χ3n) is 3.01. The molecular formula is C10H16N2O3. The summed E-state index contributed by atoms with van der Waals surface area (Å²) < 4.78 is 5.22. The van der Waals surface area contributed by atoms with Crippen LogP contribution in [0.3, 0.4) is 0 Å². The lowest BCUT2D eigenvalue weighted by atomic mass is 9.93. The van der Waals surface area contributed by atoms with Crippen LogP contribution >= 0.6 is 0 Å². The van der Waals surface area contributed by atoms with Crippen LogP contribution in [-0.2, 0) is 14.3 Å². The molecule has 1 atom stereocenters. The fourth-order valence-electron chi connectivity index (χ4n) is 2.11. The van der Waals surface area contributed by atoms with Crippen LogP contribution in [-0.4, -0.2) is 48.1 Å². The van der Waals surface area contributed by atoms with Crippen molar-refractivity contribution in [3.05, 3.63) is 0 Å². The molecule has 15 heavy (non-hydrogen) atoms. The highest BCUT2D eigenvalue weighted by atomic mass is 16.5. The highest BCUT2D eigenvalue weighted by molar-refractivity contribution is 5.98. The van der Waals surface area contributed by atoms with E-state index in [9.17, 15) is 9.59 Å². The quantitative estimate of drug-likeness (QED) is 0.638. The maximum absolute atomic E-state index is 12.2. The molecule has 84 valence electrons. The van der Waals surface area contributed by atoms with Gasteiger partial charge in [-0.15, -0.1) is 0 Å². The molecule has 5 nitrogen and oxygen atoms in total. The van der Waals surface area contributed by atoms with Crippen molar-refractivity contribution in [2.45, 2.75) is 31.8 Å². The summed E-state index contributed by atoms with van der Waals surface area (Å²) in [6.45, 7) is 4.84. The number of nitrogens with zero attached hydrogens (tertiary/aromatic N) is 1. The van der Waals surface area contributed by atoms with E-state index < -0.39 is 5.54 Å². The summed E-state index contributed by atoms with van der Waals surface area (Å²) in [4.78, 5) is 25.3.